The van der Waals surface area contributed by atoms with Crippen LogP contribution in [0.15, 0.2) is 0 Å². The van der Waals surface area contributed by atoms with Gasteiger partial charge in [-0.05, 0) is 38.5 Å². The van der Waals surface area contributed by atoms with E-state index in [-0.39, 0.29) is 11.8 Å². The number of nitrogens with one attached hydrogen (secondary N) is 1. The Kier molecular flexibility index (Phi) is 4.08. The molecule has 0 saturated heterocycles. The molecule has 1 aromatic rings. The maximum Gasteiger partial charge on any atom is 0.223 e. The fraction of sp³-hybridized carbons (Fsp3) is 0.750. The average molecular weight is 275 g/mol. The lowest BCUT2D eigenvalue weighted by Crippen LogP contribution is -2.32. The summed E-state index contributed by atoms with van der Waals surface area (Å²) in [6, 6.07) is 0. The summed E-state index contributed by atoms with van der Waals surface area (Å²) in [6.07, 6.45) is 10.6. The predicted octanol–water partition coefficient (Wildman–Crippen LogP) is 2.50. The lowest BCUT2D eigenvalue weighted by atomic mass is 9.89. The maximum atomic E-state index is 12.2. The highest BCUT2D eigenvalue weighted by atomic mass is 16.1. The summed E-state index contributed by atoms with van der Waals surface area (Å²) in [5.74, 6) is 1.48. The number of imidazole rings is 1. The van der Waals surface area contributed by atoms with Crippen LogP contribution in [0, 0.1) is 5.92 Å². The Labute approximate surface area is 121 Å². The highest BCUT2D eigenvalue weighted by Gasteiger charge is 2.22. The minimum absolute atomic E-state index is 0.227. The molecule has 0 bridgehead atoms. The van der Waals surface area contributed by atoms with Gasteiger partial charge in [0.2, 0.25) is 5.91 Å². The SMILES string of the molecule is Cn1c(CNC(=O)C2CCCCC2)nc2c1CCCC2. The summed E-state index contributed by atoms with van der Waals surface area (Å²) in [4.78, 5) is 16.9. The molecule has 110 valence electrons. The number of aromatic nitrogens is 2. The molecule has 2 aliphatic carbocycles. The van der Waals surface area contributed by atoms with Gasteiger partial charge in [0, 0.05) is 18.7 Å². The van der Waals surface area contributed by atoms with Crippen LogP contribution < -0.4 is 5.32 Å². The number of nitrogens with zero attached hydrogens (tertiary/aromatic N) is 2. The Hall–Kier alpha value is -1.32. The van der Waals surface area contributed by atoms with Crippen molar-refractivity contribution in [2.75, 3.05) is 0 Å². The van der Waals surface area contributed by atoms with Crippen molar-refractivity contribution in [1.82, 2.24) is 14.9 Å². The van der Waals surface area contributed by atoms with Crippen LogP contribution in [0.2, 0.25) is 0 Å². The van der Waals surface area contributed by atoms with Crippen molar-refractivity contribution in [3.63, 3.8) is 0 Å². The lowest BCUT2D eigenvalue weighted by molar-refractivity contribution is -0.126. The molecule has 1 heterocycles. The highest BCUT2D eigenvalue weighted by Crippen LogP contribution is 2.24. The molecule has 1 aromatic heterocycles. The number of fused-ring (bicyclic) bond motifs is 1. The molecule has 20 heavy (non-hydrogen) atoms. The van der Waals surface area contributed by atoms with Crippen molar-refractivity contribution in [3.05, 3.63) is 17.2 Å². The van der Waals surface area contributed by atoms with E-state index in [1.165, 1.54) is 43.5 Å². The Bertz CT molecular complexity index is 486. The van der Waals surface area contributed by atoms with Crippen molar-refractivity contribution >= 4 is 5.91 Å². The maximum absolute atomic E-state index is 12.2. The van der Waals surface area contributed by atoms with E-state index in [4.69, 9.17) is 4.98 Å². The van der Waals surface area contributed by atoms with E-state index in [2.05, 4.69) is 16.9 Å². The predicted molar refractivity (Wildman–Crippen MR) is 78.3 cm³/mol. The minimum atomic E-state index is 0.227. The number of carbonyl (C=O) groups excluding carboxylic acids is 1. The van der Waals surface area contributed by atoms with Crippen LogP contribution in [0.3, 0.4) is 0 Å². The average Bonchev–Trinajstić information content (AvgIpc) is 2.83. The van der Waals surface area contributed by atoms with E-state index in [0.29, 0.717) is 6.54 Å². The Morgan fingerprint density at radius 2 is 1.95 bits per heavy atom. The van der Waals surface area contributed by atoms with Crippen LogP contribution in [-0.2, 0) is 31.2 Å². The van der Waals surface area contributed by atoms with Crippen LogP contribution in [0.5, 0.6) is 0 Å². The van der Waals surface area contributed by atoms with Gasteiger partial charge in [-0.25, -0.2) is 4.98 Å². The van der Waals surface area contributed by atoms with Gasteiger partial charge in [-0.2, -0.15) is 0 Å². The molecular formula is C16H25N3O. The first-order chi connectivity index (χ1) is 9.75. The molecule has 1 amide bonds. The van der Waals surface area contributed by atoms with Gasteiger partial charge in [0.15, 0.2) is 0 Å². The summed E-state index contributed by atoms with van der Waals surface area (Å²) in [5.41, 5.74) is 2.62. The van der Waals surface area contributed by atoms with E-state index < -0.39 is 0 Å². The van der Waals surface area contributed by atoms with Gasteiger partial charge in [-0.1, -0.05) is 19.3 Å². The van der Waals surface area contributed by atoms with Crippen molar-refractivity contribution in [3.8, 4) is 0 Å². The summed E-state index contributed by atoms with van der Waals surface area (Å²) < 4.78 is 2.19. The summed E-state index contributed by atoms with van der Waals surface area (Å²) >= 11 is 0. The zero-order chi connectivity index (χ0) is 13.9. The van der Waals surface area contributed by atoms with Crippen LogP contribution in [0.25, 0.3) is 0 Å². The quantitative estimate of drug-likeness (QED) is 0.921. The second-order valence-corrected chi connectivity index (χ2v) is 6.24. The lowest BCUT2D eigenvalue weighted by Gasteiger charge is -2.20. The number of amides is 1. The molecule has 0 aliphatic heterocycles. The summed E-state index contributed by atoms with van der Waals surface area (Å²) in [5, 5.41) is 3.10. The zero-order valence-electron chi connectivity index (χ0n) is 12.5. The van der Waals surface area contributed by atoms with Crippen LogP contribution in [0.4, 0.5) is 0 Å². The monoisotopic (exact) mass is 275 g/mol. The molecule has 0 atom stereocenters. The van der Waals surface area contributed by atoms with Gasteiger partial charge in [0.1, 0.15) is 5.82 Å². The van der Waals surface area contributed by atoms with E-state index >= 15 is 0 Å². The van der Waals surface area contributed by atoms with Gasteiger partial charge < -0.3 is 9.88 Å². The molecule has 1 fully saturated rings. The van der Waals surface area contributed by atoms with Crippen molar-refractivity contribution in [2.45, 2.75) is 64.3 Å². The fourth-order valence-corrected chi connectivity index (χ4v) is 3.58. The van der Waals surface area contributed by atoms with Gasteiger partial charge >= 0.3 is 0 Å². The first-order valence-electron chi connectivity index (χ1n) is 8.07. The van der Waals surface area contributed by atoms with E-state index in [1.807, 2.05) is 0 Å². The normalized spacial score (nSPS) is 19.6. The smallest absolute Gasteiger partial charge is 0.223 e. The highest BCUT2D eigenvalue weighted by molar-refractivity contribution is 5.78. The van der Waals surface area contributed by atoms with Gasteiger partial charge in [0.25, 0.3) is 0 Å². The summed E-state index contributed by atoms with van der Waals surface area (Å²) in [6.45, 7) is 0.582. The Balaban J connectivity index is 1.60. The first-order valence-corrected chi connectivity index (χ1v) is 8.07. The standard InChI is InChI=1S/C16H25N3O/c1-19-14-10-6-5-9-13(14)18-15(19)11-17-16(20)12-7-3-2-4-8-12/h12H,2-11H2,1H3,(H,17,20). The number of hydrogen-bond acceptors (Lipinski definition) is 2. The largest absolute Gasteiger partial charge is 0.349 e. The third-order valence-electron chi connectivity index (χ3n) is 4.86. The Morgan fingerprint density at radius 3 is 2.70 bits per heavy atom. The zero-order valence-corrected chi connectivity index (χ0v) is 12.5. The van der Waals surface area contributed by atoms with Gasteiger partial charge in [-0.3, -0.25) is 4.79 Å². The number of carbonyl (C=O) groups is 1. The second kappa shape index (κ2) is 5.98. The van der Waals surface area contributed by atoms with Crippen molar-refractivity contribution < 1.29 is 4.79 Å². The van der Waals surface area contributed by atoms with Crippen LogP contribution >= 0.6 is 0 Å². The molecule has 0 radical (unpaired) electrons. The molecule has 0 unspecified atom stereocenters. The van der Waals surface area contributed by atoms with Crippen LogP contribution in [-0.4, -0.2) is 15.5 Å². The topological polar surface area (TPSA) is 46.9 Å². The third-order valence-corrected chi connectivity index (χ3v) is 4.86. The molecule has 0 aromatic carbocycles. The molecular weight excluding hydrogens is 250 g/mol. The first kappa shape index (κ1) is 13.7. The Morgan fingerprint density at radius 1 is 1.20 bits per heavy atom. The molecule has 3 rings (SSSR count). The molecule has 2 aliphatic rings. The fourth-order valence-electron chi connectivity index (χ4n) is 3.58. The van der Waals surface area contributed by atoms with Gasteiger partial charge in [0.05, 0.1) is 12.2 Å². The number of aryl methyl sites for hydroxylation is 1. The van der Waals surface area contributed by atoms with E-state index in [9.17, 15) is 4.79 Å². The number of rotatable bonds is 3. The molecule has 1 N–H and O–H groups in total. The number of hydrogen-bond donors (Lipinski definition) is 1. The second-order valence-electron chi connectivity index (χ2n) is 6.24. The summed E-state index contributed by atoms with van der Waals surface area (Å²) in [7, 11) is 2.08. The van der Waals surface area contributed by atoms with Crippen LogP contribution in [0.1, 0.15) is 62.2 Å². The minimum Gasteiger partial charge on any atom is -0.349 e. The van der Waals surface area contributed by atoms with E-state index in [1.54, 1.807) is 0 Å². The molecule has 0 spiro atoms. The molecule has 4 heteroatoms. The molecule has 4 nitrogen and oxygen atoms in total. The van der Waals surface area contributed by atoms with Gasteiger partial charge in [-0.15, -0.1) is 0 Å². The van der Waals surface area contributed by atoms with Crippen molar-refractivity contribution in [2.24, 2.45) is 13.0 Å². The molecule has 1 saturated carbocycles. The third kappa shape index (κ3) is 2.74. The van der Waals surface area contributed by atoms with Crippen molar-refractivity contribution in [1.29, 1.82) is 0 Å². The van der Waals surface area contributed by atoms with E-state index in [0.717, 1.165) is 31.5 Å².